The first kappa shape index (κ1) is 19.3. The zero-order chi connectivity index (χ0) is 16.1. The lowest BCUT2D eigenvalue weighted by Crippen LogP contribution is -2.23. The summed E-state index contributed by atoms with van der Waals surface area (Å²) >= 11 is 0. The van der Waals surface area contributed by atoms with E-state index in [2.05, 4.69) is 25.4 Å². The Morgan fingerprint density at radius 3 is 2.62 bits per heavy atom. The standard InChI is InChI=1S/C8H15NO2.C7H10O3/c1-3-5-6-11-7-9-8(10)4-2;1-5(2)7(8)10-4-6-3-9-6/h4H,2-3,5-7H2,1H3,(H,9,10);6H,1,3-4H2,2H3. The normalized spacial score (nSPS) is 15.2. The molecular formula is C15H25NO5. The second kappa shape index (κ2) is 12.1. The summed E-state index contributed by atoms with van der Waals surface area (Å²) in [6, 6.07) is 0. The number of rotatable bonds is 9. The fourth-order valence-corrected chi connectivity index (χ4v) is 0.969. The summed E-state index contributed by atoms with van der Waals surface area (Å²) in [5.41, 5.74) is 0.431. The Morgan fingerprint density at radius 1 is 1.48 bits per heavy atom. The molecule has 0 aromatic rings. The van der Waals surface area contributed by atoms with Crippen molar-refractivity contribution < 1.29 is 23.8 Å². The molecule has 1 aliphatic rings. The molecule has 0 aliphatic carbocycles. The second-order valence-electron chi connectivity index (χ2n) is 4.49. The van der Waals surface area contributed by atoms with Crippen LogP contribution < -0.4 is 5.32 Å². The van der Waals surface area contributed by atoms with E-state index in [9.17, 15) is 9.59 Å². The number of hydrogen-bond acceptors (Lipinski definition) is 5. The molecule has 1 rings (SSSR count). The summed E-state index contributed by atoms with van der Waals surface area (Å²) in [4.78, 5) is 21.2. The predicted molar refractivity (Wildman–Crippen MR) is 79.6 cm³/mol. The summed E-state index contributed by atoms with van der Waals surface area (Å²) < 4.78 is 14.7. The molecule has 1 heterocycles. The van der Waals surface area contributed by atoms with Crippen molar-refractivity contribution in [1.82, 2.24) is 5.32 Å². The summed E-state index contributed by atoms with van der Waals surface area (Å²) in [5.74, 6) is -0.531. The van der Waals surface area contributed by atoms with Gasteiger partial charge in [0.1, 0.15) is 19.4 Å². The third-order valence-electron chi connectivity index (χ3n) is 2.33. The van der Waals surface area contributed by atoms with Gasteiger partial charge in [0.05, 0.1) is 6.61 Å². The van der Waals surface area contributed by atoms with Gasteiger partial charge in [-0.2, -0.15) is 0 Å². The van der Waals surface area contributed by atoms with Gasteiger partial charge in [-0.1, -0.05) is 26.5 Å². The molecular weight excluding hydrogens is 274 g/mol. The second-order valence-corrected chi connectivity index (χ2v) is 4.49. The molecule has 1 N–H and O–H groups in total. The number of hydrogen-bond donors (Lipinski definition) is 1. The molecule has 21 heavy (non-hydrogen) atoms. The Bertz CT molecular complexity index is 350. The van der Waals surface area contributed by atoms with Crippen molar-refractivity contribution in [3.05, 3.63) is 24.8 Å². The van der Waals surface area contributed by atoms with E-state index in [1.54, 1.807) is 6.92 Å². The topological polar surface area (TPSA) is 77.2 Å². The minimum absolute atomic E-state index is 0.142. The molecule has 1 unspecified atom stereocenters. The largest absolute Gasteiger partial charge is 0.459 e. The maximum absolute atomic E-state index is 10.7. The molecule has 1 amide bonds. The first-order chi connectivity index (χ1) is 10.0. The maximum Gasteiger partial charge on any atom is 0.333 e. The third kappa shape index (κ3) is 13.1. The minimum atomic E-state index is -0.337. The SMILES string of the molecule is C=C(C)C(=O)OCC1CO1.C=CC(=O)NCOCCCC. The van der Waals surface area contributed by atoms with Gasteiger partial charge in [-0.25, -0.2) is 4.79 Å². The quantitative estimate of drug-likeness (QED) is 0.230. The molecule has 1 saturated heterocycles. The molecule has 6 heteroatoms. The minimum Gasteiger partial charge on any atom is -0.459 e. The van der Waals surface area contributed by atoms with Crippen molar-refractivity contribution in [2.24, 2.45) is 0 Å². The highest BCUT2D eigenvalue weighted by Crippen LogP contribution is 2.09. The molecule has 6 nitrogen and oxygen atoms in total. The lowest BCUT2D eigenvalue weighted by atomic mass is 10.4. The molecule has 1 aliphatic heterocycles. The number of epoxide rings is 1. The molecule has 0 radical (unpaired) electrons. The van der Waals surface area contributed by atoms with Gasteiger partial charge in [0.15, 0.2) is 0 Å². The molecule has 1 fully saturated rings. The molecule has 1 atom stereocenters. The number of nitrogens with one attached hydrogen (secondary N) is 1. The maximum atomic E-state index is 10.7. The van der Waals surface area contributed by atoms with Crippen LogP contribution in [-0.4, -0.2) is 44.5 Å². The van der Waals surface area contributed by atoms with Gasteiger partial charge in [-0.3, -0.25) is 4.79 Å². The van der Waals surface area contributed by atoms with Gasteiger partial charge < -0.3 is 19.5 Å². The molecule has 0 saturated carbocycles. The van der Waals surface area contributed by atoms with Crippen LogP contribution >= 0.6 is 0 Å². The van der Waals surface area contributed by atoms with E-state index in [1.165, 1.54) is 6.08 Å². The van der Waals surface area contributed by atoms with Crippen molar-refractivity contribution in [2.75, 3.05) is 26.6 Å². The van der Waals surface area contributed by atoms with E-state index in [-0.39, 0.29) is 24.7 Å². The predicted octanol–water partition coefficient (Wildman–Crippen LogP) is 1.57. The van der Waals surface area contributed by atoms with Crippen molar-refractivity contribution >= 4 is 11.9 Å². The first-order valence-corrected chi connectivity index (χ1v) is 6.93. The summed E-state index contributed by atoms with van der Waals surface area (Å²) in [6.07, 6.45) is 3.51. The fourth-order valence-electron chi connectivity index (χ4n) is 0.969. The smallest absolute Gasteiger partial charge is 0.333 e. The van der Waals surface area contributed by atoms with Gasteiger partial charge in [0.2, 0.25) is 5.91 Å². The molecule has 120 valence electrons. The number of unbranched alkanes of at least 4 members (excludes halogenated alkanes) is 1. The van der Waals surface area contributed by atoms with Crippen molar-refractivity contribution in [2.45, 2.75) is 32.8 Å². The third-order valence-corrected chi connectivity index (χ3v) is 2.33. The van der Waals surface area contributed by atoms with Gasteiger partial charge >= 0.3 is 5.97 Å². The Kier molecular flexibility index (Phi) is 11.2. The number of carbonyl (C=O) groups is 2. The number of carbonyl (C=O) groups excluding carboxylic acids is 2. The first-order valence-electron chi connectivity index (χ1n) is 6.93. The van der Waals surface area contributed by atoms with Crippen molar-refractivity contribution in [3.63, 3.8) is 0 Å². The van der Waals surface area contributed by atoms with E-state index in [1.807, 2.05) is 0 Å². The van der Waals surface area contributed by atoms with E-state index in [4.69, 9.17) is 14.2 Å². The molecule has 0 aromatic heterocycles. The van der Waals surface area contributed by atoms with Crippen molar-refractivity contribution in [1.29, 1.82) is 0 Å². The van der Waals surface area contributed by atoms with Gasteiger partial charge in [0, 0.05) is 12.2 Å². The van der Waals surface area contributed by atoms with Crippen LogP contribution in [0, 0.1) is 0 Å². The molecule has 0 spiro atoms. The van der Waals surface area contributed by atoms with E-state index < -0.39 is 0 Å². The van der Waals surface area contributed by atoms with Crippen LogP contribution in [0.3, 0.4) is 0 Å². The van der Waals surface area contributed by atoms with Gasteiger partial charge in [-0.05, 0) is 19.4 Å². The van der Waals surface area contributed by atoms with Crippen LogP contribution in [0.4, 0.5) is 0 Å². The summed E-state index contributed by atoms with van der Waals surface area (Å²) in [6.45, 7) is 12.5. The van der Waals surface area contributed by atoms with Gasteiger partial charge in [-0.15, -0.1) is 0 Å². The van der Waals surface area contributed by atoms with Crippen LogP contribution in [-0.2, 0) is 23.8 Å². The highest BCUT2D eigenvalue weighted by molar-refractivity contribution is 5.87. The monoisotopic (exact) mass is 299 g/mol. The van der Waals surface area contributed by atoms with Crippen molar-refractivity contribution in [3.8, 4) is 0 Å². The van der Waals surface area contributed by atoms with Crippen LogP contribution in [0.15, 0.2) is 24.8 Å². The van der Waals surface area contributed by atoms with E-state index in [0.717, 1.165) is 12.8 Å². The van der Waals surface area contributed by atoms with Crippen LogP contribution in [0.25, 0.3) is 0 Å². The van der Waals surface area contributed by atoms with E-state index in [0.29, 0.717) is 25.4 Å². The molecule has 0 aromatic carbocycles. The Labute approximate surface area is 126 Å². The van der Waals surface area contributed by atoms with E-state index >= 15 is 0 Å². The average molecular weight is 299 g/mol. The average Bonchev–Trinajstić information content (AvgIpc) is 3.29. The lowest BCUT2D eigenvalue weighted by Gasteiger charge is -2.02. The Hall–Kier alpha value is -1.66. The zero-order valence-electron chi connectivity index (χ0n) is 12.9. The summed E-state index contributed by atoms with van der Waals surface area (Å²) in [5, 5.41) is 2.51. The fraction of sp³-hybridized carbons (Fsp3) is 0.600. The zero-order valence-corrected chi connectivity index (χ0v) is 12.9. The summed E-state index contributed by atoms with van der Waals surface area (Å²) in [7, 11) is 0. The Morgan fingerprint density at radius 2 is 2.14 bits per heavy atom. The van der Waals surface area contributed by atoms with Gasteiger partial charge in [0.25, 0.3) is 0 Å². The van der Waals surface area contributed by atoms with Crippen LogP contribution in [0.1, 0.15) is 26.7 Å². The highest BCUT2D eigenvalue weighted by atomic mass is 16.6. The van der Waals surface area contributed by atoms with Crippen LogP contribution in [0.5, 0.6) is 0 Å². The van der Waals surface area contributed by atoms with Crippen LogP contribution in [0.2, 0.25) is 0 Å². The Balaban J connectivity index is 0.000000382. The number of esters is 1. The molecule has 0 bridgehead atoms. The number of ether oxygens (including phenoxy) is 3. The number of amides is 1. The lowest BCUT2D eigenvalue weighted by molar-refractivity contribution is -0.139. The highest BCUT2D eigenvalue weighted by Gasteiger charge is 2.24.